The Morgan fingerprint density at radius 3 is 2.81 bits per heavy atom. The Morgan fingerprint density at radius 1 is 1.33 bits per heavy atom. The molecule has 2 aromatic rings. The van der Waals surface area contributed by atoms with Crippen LogP contribution >= 0.6 is 23.1 Å². The fraction of sp³-hybridized carbons (Fsp3) is 0.385. The molecule has 1 fully saturated rings. The number of anilines is 1. The van der Waals surface area contributed by atoms with Crippen LogP contribution in [-0.4, -0.2) is 28.2 Å². The average molecular weight is 322 g/mol. The number of rotatable bonds is 4. The number of aromatic nitrogens is 2. The maximum atomic E-state index is 11.1. The third kappa shape index (κ3) is 3.16. The zero-order valence-electron chi connectivity index (χ0n) is 11.5. The van der Waals surface area contributed by atoms with Gasteiger partial charge >= 0.3 is 0 Å². The highest BCUT2D eigenvalue weighted by Crippen LogP contribution is 2.38. The summed E-state index contributed by atoms with van der Waals surface area (Å²) in [6.45, 7) is 3.88. The summed E-state index contributed by atoms with van der Waals surface area (Å²) in [7, 11) is 0. The Hall–Kier alpha value is -1.67. The maximum absolute atomic E-state index is 11.1. The molecule has 0 aliphatic carbocycles. The van der Waals surface area contributed by atoms with E-state index in [1.807, 2.05) is 13.0 Å². The minimum absolute atomic E-state index is 0.123. The first-order valence-corrected chi connectivity index (χ1v) is 8.28. The minimum atomic E-state index is -0.349. The van der Waals surface area contributed by atoms with Crippen LogP contribution in [0.1, 0.15) is 18.4 Å². The van der Waals surface area contributed by atoms with Crippen LogP contribution in [0.15, 0.2) is 27.4 Å². The molecule has 1 saturated heterocycles. The van der Waals surface area contributed by atoms with Crippen LogP contribution in [0.4, 0.5) is 10.8 Å². The summed E-state index contributed by atoms with van der Waals surface area (Å²) in [5, 5.41) is 20.4. The van der Waals surface area contributed by atoms with E-state index in [-0.39, 0.29) is 10.6 Å². The van der Waals surface area contributed by atoms with E-state index in [9.17, 15) is 10.1 Å². The van der Waals surface area contributed by atoms with Gasteiger partial charge in [0, 0.05) is 19.2 Å². The Balaban J connectivity index is 1.82. The van der Waals surface area contributed by atoms with Crippen LogP contribution in [0.2, 0.25) is 0 Å². The van der Waals surface area contributed by atoms with Gasteiger partial charge in [0.15, 0.2) is 4.34 Å². The monoisotopic (exact) mass is 322 g/mol. The number of nitrogens with zero attached hydrogens (tertiary/aromatic N) is 4. The highest BCUT2D eigenvalue weighted by atomic mass is 32.2. The molecule has 110 valence electrons. The summed E-state index contributed by atoms with van der Waals surface area (Å²) >= 11 is 2.80. The van der Waals surface area contributed by atoms with Gasteiger partial charge in [0.1, 0.15) is 0 Å². The molecule has 21 heavy (non-hydrogen) atoms. The van der Waals surface area contributed by atoms with E-state index in [1.165, 1.54) is 35.9 Å². The lowest BCUT2D eigenvalue weighted by atomic mass is 10.2. The molecule has 6 nitrogen and oxygen atoms in total. The molecule has 0 bridgehead atoms. The second-order valence-corrected chi connectivity index (χ2v) is 7.12. The Morgan fingerprint density at radius 2 is 2.10 bits per heavy atom. The van der Waals surface area contributed by atoms with Crippen molar-refractivity contribution in [3.8, 4) is 0 Å². The lowest BCUT2D eigenvalue weighted by molar-refractivity contribution is -0.387. The van der Waals surface area contributed by atoms with Crippen LogP contribution in [-0.2, 0) is 0 Å². The molecule has 1 aromatic heterocycles. The second-order valence-electron chi connectivity index (χ2n) is 4.88. The Kier molecular flexibility index (Phi) is 4.07. The van der Waals surface area contributed by atoms with Crippen LogP contribution in [0.3, 0.4) is 0 Å². The minimum Gasteiger partial charge on any atom is -0.347 e. The van der Waals surface area contributed by atoms with E-state index in [0.29, 0.717) is 4.90 Å². The van der Waals surface area contributed by atoms with Gasteiger partial charge in [-0.05, 0) is 43.2 Å². The topological polar surface area (TPSA) is 72.2 Å². The molecule has 0 spiro atoms. The molecule has 0 saturated carbocycles. The molecule has 0 amide bonds. The molecule has 0 atom stereocenters. The van der Waals surface area contributed by atoms with Crippen molar-refractivity contribution in [1.29, 1.82) is 0 Å². The maximum Gasteiger partial charge on any atom is 0.283 e. The average Bonchev–Trinajstić information content (AvgIpc) is 3.11. The zero-order chi connectivity index (χ0) is 14.8. The molecule has 0 unspecified atom stereocenters. The van der Waals surface area contributed by atoms with E-state index in [2.05, 4.69) is 15.1 Å². The molecular formula is C13H14N4O2S2. The summed E-state index contributed by atoms with van der Waals surface area (Å²) in [4.78, 5) is 13.6. The first-order chi connectivity index (χ1) is 10.1. The molecule has 2 heterocycles. The van der Waals surface area contributed by atoms with Crippen molar-refractivity contribution >= 4 is 33.9 Å². The lowest BCUT2D eigenvalue weighted by Gasteiger charge is -2.10. The molecule has 1 aliphatic heterocycles. The first kappa shape index (κ1) is 14.3. The van der Waals surface area contributed by atoms with E-state index in [1.54, 1.807) is 12.1 Å². The summed E-state index contributed by atoms with van der Waals surface area (Å²) < 4.78 is 0.740. The van der Waals surface area contributed by atoms with Gasteiger partial charge in [-0.25, -0.2) is 0 Å². The van der Waals surface area contributed by atoms with Gasteiger partial charge in [-0.3, -0.25) is 10.1 Å². The Labute approximate surface area is 130 Å². The largest absolute Gasteiger partial charge is 0.347 e. The van der Waals surface area contributed by atoms with Crippen molar-refractivity contribution in [2.75, 3.05) is 18.0 Å². The standard InChI is InChI=1S/C13H14N4O2S2/c1-9-4-5-11(10(8-9)17(18)19)20-13-15-14-12(21-13)16-6-2-3-7-16/h4-5,8H,2-3,6-7H2,1H3. The normalized spacial score (nSPS) is 14.6. The van der Waals surface area contributed by atoms with Gasteiger partial charge < -0.3 is 4.90 Å². The van der Waals surface area contributed by atoms with E-state index < -0.39 is 0 Å². The molecule has 8 heteroatoms. The quantitative estimate of drug-likeness (QED) is 0.633. The third-order valence-corrected chi connectivity index (χ3v) is 5.38. The molecule has 1 aromatic carbocycles. The lowest BCUT2D eigenvalue weighted by Crippen LogP contribution is -2.17. The van der Waals surface area contributed by atoms with Crippen molar-refractivity contribution < 1.29 is 4.92 Å². The first-order valence-electron chi connectivity index (χ1n) is 6.65. The summed E-state index contributed by atoms with van der Waals surface area (Å²) in [5.41, 5.74) is 0.999. The second kappa shape index (κ2) is 5.98. The van der Waals surface area contributed by atoms with Gasteiger partial charge in [0.25, 0.3) is 5.69 Å². The predicted octanol–water partition coefficient (Wildman–Crippen LogP) is 3.51. The van der Waals surface area contributed by atoms with Crippen LogP contribution in [0, 0.1) is 17.0 Å². The highest BCUT2D eigenvalue weighted by Gasteiger charge is 2.20. The molecular weight excluding hydrogens is 308 g/mol. The van der Waals surface area contributed by atoms with E-state index in [4.69, 9.17) is 0 Å². The number of nitro benzene ring substituents is 1. The molecule has 0 N–H and O–H groups in total. The highest BCUT2D eigenvalue weighted by molar-refractivity contribution is 8.01. The number of hydrogen-bond acceptors (Lipinski definition) is 7. The van der Waals surface area contributed by atoms with Crippen molar-refractivity contribution in [1.82, 2.24) is 10.2 Å². The molecule has 3 rings (SSSR count). The summed E-state index contributed by atoms with van der Waals surface area (Å²) in [6.07, 6.45) is 2.37. The van der Waals surface area contributed by atoms with Gasteiger partial charge in [0.2, 0.25) is 5.13 Å². The fourth-order valence-electron chi connectivity index (χ4n) is 2.23. The van der Waals surface area contributed by atoms with Crippen LogP contribution in [0.25, 0.3) is 0 Å². The molecule has 0 radical (unpaired) electrons. The van der Waals surface area contributed by atoms with Gasteiger partial charge in [0.05, 0.1) is 9.82 Å². The summed E-state index contributed by atoms with van der Waals surface area (Å²) in [5.74, 6) is 0. The van der Waals surface area contributed by atoms with E-state index in [0.717, 1.165) is 28.1 Å². The zero-order valence-corrected chi connectivity index (χ0v) is 13.1. The number of nitro groups is 1. The summed E-state index contributed by atoms with van der Waals surface area (Å²) in [6, 6.07) is 5.23. The van der Waals surface area contributed by atoms with Crippen molar-refractivity contribution in [2.24, 2.45) is 0 Å². The molecule has 1 aliphatic rings. The van der Waals surface area contributed by atoms with Crippen molar-refractivity contribution in [3.05, 3.63) is 33.9 Å². The van der Waals surface area contributed by atoms with Gasteiger partial charge in [-0.2, -0.15) is 0 Å². The smallest absolute Gasteiger partial charge is 0.283 e. The third-order valence-electron chi connectivity index (χ3n) is 3.28. The predicted molar refractivity (Wildman–Crippen MR) is 83.3 cm³/mol. The number of hydrogen-bond donors (Lipinski definition) is 0. The van der Waals surface area contributed by atoms with Gasteiger partial charge in [-0.1, -0.05) is 17.4 Å². The SMILES string of the molecule is Cc1ccc(Sc2nnc(N3CCCC3)s2)c([N+](=O)[O-])c1. The van der Waals surface area contributed by atoms with Crippen LogP contribution < -0.4 is 4.90 Å². The fourth-order valence-corrected chi connectivity index (χ4v) is 4.17. The number of benzene rings is 1. The van der Waals surface area contributed by atoms with Crippen LogP contribution in [0.5, 0.6) is 0 Å². The van der Waals surface area contributed by atoms with Crippen molar-refractivity contribution in [2.45, 2.75) is 29.0 Å². The van der Waals surface area contributed by atoms with Crippen molar-refractivity contribution in [3.63, 3.8) is 0 Å². The Bertz CT molecular complexity index is 668. The number of aryl methyl sites for hydroxylation is 1. The van der Waals surface area contributed by atoms with E-state index >= 15 is 0 Å². The van der Waals surface area contributed by atoms with Gasteiger partial charge in [-0.15, -0.1) is 10.2 Å².